The van der Waals surface area contributed by atoms with E-state index in [-0.39, 0.29) is 23.6 Å². The number of esters is 3. The molecular weight excluding hydrogens is 632 g/mol. The standard InChI is InChI=1S/C28H29ClN6O7S2/c1-14(11-43-28-32-19(12-44-28)18-8-6-5-7-9-18)31-24-21-25(34-27(29)33-24)35(13-30-21)26-23(41-17(4)38)22(40-16(3)37)20(42-26)10-39-15(2)36/h5-9,12-14,20,22-23,26H,10-11H2,1-4H3,(H,31,33,34)/t14-,20-,22-,23-,26-/m1/s1. The minimum Gasteiger partial charge on any atom is -0.463 e. The second kappa shape index (κ2) is 13.9. The molecule has 0 amide bonds. The number of ether oxygens (including phenoxy) is 4. The summed E-state index contributed by atoms with van der Waals surface area (Å²) in [6, 6.07) is 9.92. The first kappa shape index (κ1) is 31.6. The number of thiazole rings is 1. The molecule has 1 fully saturated rings. The number of thioether (sulfide) groups is 1. The molecule has 4 heterocycles. The lowest BCUT2D eigenvalue weighted by Gasteiger charge is -2.23. The SMILES string of the molecule is CC(=O)OC[C@H]1O[C@@H](n2cnc3c(N[C@H](C)CSc4nc(-c5ccccc5)cs4)nc(Cl)nc32)[C@H](OC(C)=O)[C@@H]1OC(C)=O. The van der Waals surface area contributed by atoms with Gasteiger partial charge in [0.15, 0.2) is 39.8 Å². The number of fused-ring (bicyclic) bond motifs is 1. The number of aromatic nitrogens is 5. The third-order valence-corrected chi connectivity index (χ3v) is 8.85. The zero-order valence-electron chi connectivity index (χ0n) is 24.1. The molecule has 0 aliphatic carbocycles. The summed E-state index contributed by atoms with van der Waals surface area (Å²) in [5.74, 6) is -0.739. The number of carbonyl (C=O) groups excluding carboxylic acids is 3. The van der Waals surface area contributed by atoms with Gasteiger partial charge in [0.1, 0.15) is 12.7 Å². The van der Waals surface area contributed by atoms with Gasteiger partial charge < -0.3 is 24.3 Å². The molecule has 1 saturated heterocycles. The number of rotatable bonds is 11. The normalized spacial score (nSPS) is 20.3. The van der Waals surface area contributed by atoms with Crippen molar-refractivity contribution in [2.24, 2.45) is 0 Å². The topological polar surface area (TPSA) is 157 Å². The van der Waals surface area contributed by atoms with Crippen molar-refractivity contribution >= 4 is 69.6 Å². The largest absolute Gasteiger partial charge is 0.463 e. The van der Waals surface area contributed by atoms with E-state index in [0.29, 0.717) is 17.1 Å². The number of benzene rings is 1. The Morgan fingerprint density at radius 3 is 2.50 bits per heavy atom. The molecule has 1 aromatic carbocycles. The molecule has 44 heavy (non-hydrogen) atoms. The highest BCUT2D eigenvalue weighted by Crippen LogP contribution is 2.37. The summed E-state index contributed by atoms with van der Waals surface area (Å²) in [7, 11) is 0. The molecule has 5 rings (SSSR count). The van der Waals surface area contributed by atoms with Crippen LogP contribution >= 0.6 is 34.7 Å². The molecule has 232 valence electrons. The second-order valence-corrected chi connectivity index (χ2v) is 12.4. The summed E-state index contributed by atoms with van der Waals surface area (Å²) in [5, 5.41) is 5.33. The summed E-state index contributed by atoms with van der Waals surface area (Å²) in [5.41, 5.74) is 2.68. The number of nitrogens with one attached hydrogen (secondary N) is 1. The molecule has 0 unspecified atom stereocenters. The van der Waals surface area contributed by atoms with Crippen LogP contribution in [0, 0.1) is 0 Å². The van der Waals surface area contributed by atoms with E-state index in [1.807, 2.05) is 42.6 Å². The molecule has 1 aliphatic rings. The van der Waals surface area contributed by atoms with Gasteiger partial charge in [-0.05, 0) is 18.5 Å². The van der Waals surface area contributed by atoms with Gasteiger partial charge in [-0.15, -0.1) is 11.3 Å². The van der Waals surface area contributed by atoms with Crippen LogP contribution in [0.15, 0.2) is 46.4 Å². The van der Waals surface area contributed by atoms with Gasteiger partial charge in [-0.25, -0.2) is 9.97 Å². The Morgan fingerprint density at radius 1 is 1.07 bits per heavy atom. The Labute approximate surface area is 265 Å². The van der Waals surface area contributed by atoms with Gasteiger partial charge in [-0.3, -0.25) is 19.0 Å². The zero-order valence-corrected chi connectivity index (χ0v) is 26.5. The molecule has 5 atom stereocenters. The molecule has 0 bridgehead atoms. The van der Waals surface area contributed by atoms with Gasteiger partial charge in [-0.1, -0.05) is 42.1 Å². The van der Waals surface area contributed by atoms with Gasteiger partial charge in [0.05, 0.1) is 12.0 Å². The molecule has 1 aliphatic heterocycles. The summed E-state index contributed by atoms with van der Waals surface area (Å²) < 4.78 is 24.7. The number of hydrogen-bond donors (Lipinski definition) is 1. The van der Waals surface area contributed by atoms with Crippen LogP contribution < -0.4 is 5.32 Å². The van der Waals surface area contributed by atoms with Crippen molar-refractivity contribution < 1.29 is 33.3 Å². The fourth-order valence-electron chi connectivity index (χ4n) is 4.63. The maximum atomic E-state index is 12.1. The highest BCUT2D eigenvalue weighted by molar-refractivity contribution is 8.01. The minimum atomic E-state index is -1.10. The fraction of sp³-hybridized carbons (Fsp3) is 0.393. The zero-order chi connectivity index (χ0) is 31.4. The van der Waals surface area contributed by atoms with Gasteiger partial charge in [0.2, 0.25) is 5.28 Å². The smallest absolute Gasteiger partial charge is 0.303 e. The molecule has 16 heteroatoms. The lowest BCUT2D eigenvalue weighted by molar-refractivity contribution is -0.166. The molecule has 0 saturated carbocycles. The number of imidazole rings is 1. The molecule has 1 N–H and O–H groups in total. The van der Waals surface area contributed by atoms with E-state index >= 15 is 0 Å². The molecule has 0 spiro atoms. The van der Waals surface area contributed by atoms with Crippen LogP contribution in [-0.4, -0.2) is 79.1 Å². The van der Waals surface area contributed by atoms with E-state index in [2.05, 4.69) is 20.3 Å². The first-order valence-corrected chi connectivity index (χ1v) is 15.8. The van der Waals surface area contributed by atoms with Crippen molar-refractivity contribution in [3.05, 3.63) is 47.3 Å². The Hall–Kier alpha value is -3.79. The predicted molar refractivity (Wildman–Crippen MR) is 163 cm³/mol. The number of nitrogens with zero attached hydrogens (tertiary/aromatic N) is 5. The number of hydrogen-bond acceptors (Lipinski definition) is 14. The van der Waals surface area contributed by atoms with E-state index in [1.54, 1.807) is 23.1 Å². The van der Waals surface area contributed by atoms with E-state index in [4.69, 9.17) is 35.5 Å². The van der Waals surface area contributed by atoms with Crippen molar-refractivity contribution in [1.29, 1.82) is 0 Å². The van der Waals surface area contributed by atoms with E-state index in [1.165, 1.54) is 31.7 Å². The van der Waals surface area contributed by atoms with Crippen LogP contribution in [0.2, 0.25) is 5.28 Å². The quantitative estimate of drug-likeness (QED) is 0.104. The Kier molecular flexibility index (Phi) is 9.98. The lowest BCUT2D eigenvalue weighted by Crippen LogP contribution is -2.40. The Bertz CT molecular complexity index is 1650. The van der Waals surface area contributed by atoms with E-state index in [0.717, 1.165) is 15.6 Å². The third kappa shape index (κ3) is 7.46. The average molecular weight is 661 g/mol. The molecular formula is C28H29ClN6O7S2. The van der Waals surface area contributed by atoms with E-state index < -0.39 is 42.4 Å². The van der Waals surface area contributed by atoms with Crippen molar-refractivity contribution in [2.45, 2.75) is 62.6 Å². The van der Waals surface area contributed by atoms with Gasteiger partial charge in [-0.2, -0.15) is 9.97 Å². The molecule has 4 aromatic rings. The molecule has 3 aromatic heterocycles. The summed E-state index contributed by atoms with van der Waals surface area (Å²) in [6.45, 7) is 5.44. The fourth-order valence-corrected chi connectivity index (χ4v) is 6.61. The van der Waals surface area contributed by atoms with Crippen LogP contribution in [0.1, 0.15) is 33.9 Å². The monoisotopic (exact) mass is 660 g/mol. The van der Waals surface area contributed by atoms with Crippen LogP contribution in [0.5, 0.6) is 0 Å². The summed E-state index contributed by atoms with van der Waals surface area (Å²) in [4.78, 5) is 53.4. The summed E-state index contributed by atoms with van der Waals surface area (Å²) in [6.07, 6.45) is -2.70. The Morgan fingerprint density at radius 2 is 1.80 bits per heavy atom. The highest BCUT2D eigenvalue weighted by Gasteiger charge is 2.51. The maximum absolute atomic E-state index is 12.1. The van der Waals surface area contributed by atoms with Crippen molar-refractivity contribution in [3.63, 3.8) is 0 Å². The van der Waals surface area contributed by atoms with E-state index in [9.17, 15) is 14.4 Å². The summed E-state index contributed by atoms with van der Waals surface area (Å²) >= 11 is 9.53. The number of anilines is 1. The van der Waals surface area contributed by atoms with Crippen molar-refractivity contribution in [1.82, 2.24) is 24.5 Å². The predicted octanol–water partition coefficient (Wildman–Crippen LogP) is 4.52. The van der Waals surface area contributed by atoms with Gasteiger partial charge in [0.25, 0.3) is 0 Å². The number of halogens is 1. The van der Waals surface area contributed by atoms with Crippen LogP contribution in [0.25, 0.3) is 22.4 Å². The lowest BCUT2D eigenvalue weighted by atomic mass is 10.1. The highest BCUT2D eigenvalue weighted by atomic mass is 35.5. The Balaban J connectivity index is 1.36. The molecule has 13 nitrogen and oxygen atoms in total. The maximum Gasteiger partial charge on any atom is 0.303 e. The second-order valence-electron chi connectivity index (χ2n) is 9.90. The van der Waals surface area contributed by atoms with Crippen LogP contribution in [0.4, 0.5) is 5.82 Å². The third-order valence-electron chi connectivity index (χ3n) is 6.40. The first-order chi connectivity index (χ1) is 21.1. The average Bonchev–Trinajstić information content (AvgIpc) is 3.69. The number of carbonyl (C=O) groups is 3. The van der Waals surface area contributed by atoms with Gasteiger partial charge >= 0.3 is 17.9 Å². The molecule has 0 radical (unpaired) electrons. The first-order valence-electron chi connectivity index (χ1n) is 13.5. The van der Waals surface area contributed by atoms with Gasteiger partial charge in [0, 0.05) is 43.5 Å². The van der Waals surface area contributed by atoms with Crippen molar-refractivity contribution in [2.75, 3.05) is 17.7 Å². The minimum absolute atomic E-state index is 0.0518. The van der Waals surface area contributed by atoms with Crippen LogP contribution in [0.3, 0.4) is 0 Å². The van der Waals surface area contributed by atoms with Crippen LogP contribution in [-0.2, 0) is 33.3 Å². The van der Waals surface area contributed by atoms with Crippen molar-refractivity contribution in [3.8, 4) is 11.3 Å².